The van der Waals surface area contributed by atoms with E-state index in [1.54, 1.807) is 26.0 Å². The zero-order valence-corrected chi connectivity index (χ0v) is 48.8. The Hall–Kier alpha value is -4.93. The van der Waals surface area contributed by atoms with Gasteiger partial charge in [-0.05, 0) is 123 Å². The average Bonchev–Trinajstić information content (AvgIpc) is 3.80. The Kier molecular flexibility index (Phi) is 26.2. The van der Waals surface area contributed by atoms with Crippen LogP contribution in [0, 0.1) is 53.3 Å². The van der Waals surface area contributed by atoms with E-state index < -0.39 is 48.6 Å². The van der Waals surface area contributed by atoms with Gasteiger partial charge in [-0.2, -0.15) is 0 Å². The number of allylic oxidation sites excluding steroid dienone is 5. The van der Waals surface area contributed by atoms with Crippen molar-refractivity contribution in [3.05, 3.63) is 119 Å². The number of Topliss-reactive ketones (excluding diaryl/α,β-unsaturated/α-hetero) is 2. The third-order valence-corrected chi connectivity index (χ3v) is 16.2. The number of rotatable bonds is 34. The molecule has 7 N–H and O–H groups in total. The molecular weight excluding hydrogens is 989 g/mol. The highest BCUT2D eigenvalue weighted by Gasteiger charge is 2.37. The smallest absolute Gasteiger partial charge is 0.378 e. The van der Waals surface area contributed by atoms with Gasteiger partial charge in [0.15, 0.2) is 24.6 Å². The number of esters is 1. The number of aromatic hydroxyl groups is 1. The van der Waals surface area contributed by atoms with Gasteiger partial charge in [0, 0.05) is 68.1 Å². The first-order chi connectivity index (χ1) is 36.8. The maximum atomic E-state index is 15.1. The van der Waals surface area contributed by atoms with E-state index in [0.29, 0.717) is 51.1 Å². The fourth-order valence-electron chi connectivity index (χ4n) is 10.9. The Morgan fingerprint density at radius 3 is 2.05 bits per heavy atom. The summed E-state index contributed by atoms with van der Waals surface area (Å²) in [5.41, 5.74) is 12.1. The molecule has 2 aliphatic heterocycles. The summed E-state index contributed by atoms with van der Waals surface area (Å²) >= 11 is 0. The van der Waals surface area contributed by atoms with Crippen molar-refractivity contribution >= 4 is 17.5 Å². The van der Waals surface area contributed by atoms with Crippen molar-refractivity contribution in [1.82, 2.24) is 4.90 Å². The van der Waals surface area contributed by atoms with Crippen molar-refractivity contribution in [3.8, 4) is 11.5 Å². The van der Waals surface area contributed by atoms with Gasteiger partial charge in [-0.25, -0.2) is 4.79 Å². The molecule has 7 unspecified atom stereocenters. The van der Waals surface area contributed by atoms with Crippen LogP contribution in [0.2, 0.25) is 0 Å². The van der Waals surface area contributed by atoms with Gasteiger partial charge in [0.1, 0.15) is 29.1 Å². The van der Waals surface area contributed by atoms with Gasteiger partial charge in [-0.1, -0.05) is 129 Å². The number of para-hydroxylation sites is 1. The summed E-state index contributed by atoms with van der Waals surface area (Å²) in [6.45, 7) is 36.4. The number of nitrogens with two attached hydrogens (primary N) is 1. The number of ketones is 2. The maximum absolute atomic E-state index is 15.1. The van der Waals surface area contributed by atoms with E-state index in [2.05, 4.69) is 31.6 Å². The van der Waals surface area contributed by atoms with Gasteiger partial charge < -0.3 is 50.2 Å². The predicted molar refractivity (Wildman–Crippen MR) is 306 cm³/mol. The van der Waals surface area contributed by atoms with E-state index in [-0.39, 0.29) is 103 Å². The van der Waals surface area contributed by atoms with Gasteiger partial charge in [-0.3, -0.25) is 14.5 Å². The molecule has 434 valence electrons. The van der Waals surface area contributed by atoms with Gasteiger partial charge in [-0.15, -0.1) is 0 Å². The molecule has 10 atom stereocenters. The molecular formula is C64H96N2O12. The van der Waals surface area contributed by atoms with E-state index in [0.717, 1.165) is 51.2 Å². The van der Waals surface area contributed by atoms with Crippen LogP contribution in [0.15, 0.2) is 108 Å². The van der Waals surface area contributed by atoms with Crippen LogP contribution in [0.3, 0.4) is 0 Å². The second-order valence-corrected chi connectivity index (χ2v) is 23.4. The lowest BCUT2D eigenvalue weighted by Crippen LogP contribution is -2.42. The van der Waals surface area contributed by atoms with E-state index in [9.17, 15) is 35.1 Å². The third kappa shape index (κ3) is 19.1. The first-order valence-electron chi connectivity index (χ1n) is 28.4. The highest BCUT2D eigenvalue weighted by Crippen LogP contribution is 2.42. The lowest BCUT2D eigenvalue weighted by molar-refractivity contribution is -0.145. The van der Waals surface area contributed by atoms with Crippen LogP contribution in [0.4, 0.5) is 0 Å². The molecule has 0 bridgehead atoms. The molecule has 4 rings (SSSR count). The number of benzene rings is 2. The topological polar surface area (TPSA) is 219 Å². The number of hydrogen-bond donors (Lipinski definition) is 6. The molecule has 78 heavy (non-hydrogen) atoms. The maximum Gasteiger partial charge on any atom is 0.378 e. The Labute approximate surface area is 466 Å². The van der Waals surface area contributed by atoms with Crippen LogP contribution in [0.5, 0.6) is 11.5 Å². The molecule has 0 radical (unpaired) electrons. The molecule has 0 spiro atoms. The van der Waals surface area contributed by atoms with E-state index in [4.69, 9.17) is 24.7 Å². The van der Waals surface area contributed by atoms with Crippen molar-refractivity contribution < 1.29 is 58.9 Å². The normalized spacial score (nSPS) is 19.3. The summed E-state index contributed by atoms with van der Waals surface area (Å²) in [4.78, 5) is 46.4. The summed E-state index contributed by atoms with van der Waals surface area (Å²) in [7, 11) is 0. The third-order valence-electron chi connectivity index (χ3n) is 16.2. The lowest BCUT2D eigenvalue weighted by atomic mass is 9.72. The molecule has 0 saturated heterocycles. The van der Waals surface area contributed by atoms with Gasteiger partial charge in [0.2, 0.25) is 5.76 Å². The van der Waals surface area contributed by atoms with Crippen molar-refractivity contribution in [2.75, 3.05) is 26.3 Å². The van der Waals surface area contributed by atoms with Gasteiger partial charge >= 0.3 is 5.97 Å². The van der Waals surface area contributed by atoms with Crippen LogP contribution in [-0.4, -0.2) is 99.2 Å². The fraction of sp³-hybridized carbons (Fsp3) is 0.609. The largest absolute Gasteiger partial charge is 0.508 e. The molecule has 0 aromatic heterocycles. The highest BCUT2D eigenvalue weighted by atomic mass is 16.6. The average molecular weight is 1090 g/mol. The summed E-state index contributed by atoms with van der Waals surface area (Å²) in [5, 5.41) is 50.3. The number of nitrogens with zero attached hydrogens (tertiary/aromatic N) is 1. The van der Waals surface area contributed by atoms with Crippen molar-refractivity contribution in [1.29, 1.82) is 0 Å². The van der Waals surface area contributed by atoms with Crippen LogP contribution in [-0.2, 0) is 35.1 Å². The molecule has 0 saturated carbocycles. The lowest BCUT2D eigenvalue weighted by Gasteiger charge is -2.37. The molecule has 2 heterocycles. The van der Waals surface area contributed by atoms with Crippen LogP contribution < -0.4 is 10.5 Å². The van der Waals surface area contributed by atoms with Crippen molar-refractivity contribution in [2.24, 2.45) is 59.0 Å². The zero-order chi connectivity index (χ0) is 58.1. The second kappa shape index (κ2) is 31.2. The molecule has 2 aromatic carbocycles. The number of carbonyl (C=O) groups excluding carboxylic acids is 3. The van der Waals surface area contributed by atoms with Crippen LogP contribution in [0.1, 0.15) is 151 Å². The van der Waals surface area contributed by atoms with E-state index in [1.807, 2.05) is 91.8 Å². The minimum Gasteiger partial charge on any atom is -0.508 e. The number of aliphatic hydroxyl groups excluding tert-OH is 2. The van der Waals surface area contributed by atoms with Crippen LogP contribution >= 0.6 is 0 Å². The quantitative estimate of drug-likeness (QED) is 0.0166. The Morgan fingerprint density at radius 2 is 1.45 bits per heavy atom. The molecule has 0 fully saturated rings. The van der Waals surface area contributed by atoms with Crippen molar-refractivity contribution in [2.45, 2.75) is 171 Å². The summed E-state index contributed by atoms with van der Waals surface area (Å²) in [6, 6.07) is 14.8. The highest BCUT2D eigenvalue weighted by molar-refractivity contribution is 5.91. The number of carbonyl (C=O) groups is 3. The van der Waals surface area contributed by atoms with Gasteiger partial charge in [0.05, 0.1) is 13.2 Å². The predicted octanol–water partition coefficient (Wildman–Crippen LogP) is 10.8. The standard InChI is InChI=1S/C64H96N2O12/c1-15-39(6)54(30-44(11)63(72)73)46(13)45(12)40(7)27-41(8)49(29-43(10)62(70)71)32-57(69)60(75-25-24-65)33-56(68)50(31-51-36-76-58-19-17-16-18-53(51)58)28-42(9)59(26-37(2)3)78-64(74)61-55(38(4)5)35-66(47(14)77-61)34-48-20-22-52(67)23-21-48/h16-23,37-38,40,43-44,46-47,49-51,54,60,62-63,67,70-73H,6,8,12,15,24-36,65H2,1-5,7,9-11,13-14H3/b59-42-/t40?,43?,44?,46?,47?,49-,50+,51?,54+,60?/m0/s1. The first-order valence-corrected chi connectivity index (χ1v) is 28.4. The minimum atomic E-state index is -1.64. The number of fused-ring (bicyclic) bond motifs is 1. The number of ether oxygens (including phenoxy) is 4. The van der Waals surface area contributed by atoms with E-state index in [1.165, 1.54) is 0 Å². The Bertz CT molecular complexity index is 2390. The molecule has 2 aromatic rings. The van der Waals surface area contributed by atoms with Crippen LogP contribution in [0.25, 0.3) is 0 Å². The fourth-order valence-corrected chi connectivity index (χ4v) is 10.9. The molecule has 0 aliphatic carbocycles. The summed E-state index contributed by atoms with van der Waals surface area (Å²) in [5.74, 6) is -1.97. The Morgan fingerprint density at radius 1 is 0.808 bits per heavy atom. The number of phenolic OH excluding ortho intramolecular Hbond substituents is 1. The summed E-state index contributed by atoms with van der Waals surface area (Å²) < 4.78 is 25.0. The molecule has 14 nitrogen and oxygen atoms in total. The first kappa shape index (κ1) is 65.6. The number of aliphatic hydroxyl groups is 4. The second-order valence-electron chi connectivity index (χ2n) is 23.4. The molecule has 14 heteroatoms. The zero-order valence-electron chi connectivity index (χ0n) is 48.8. The number of phenols is 1. The number of hydrogen-bond acceptors (Lipinski definition) is 14. The van der Waals surface area contributed by atoms with E-state index >= 15 is 4.79 Å². The molecule has 2 aliphatic rings. The Balaban J connectivity index is 1.65. The monoisotopic (exact) mass is 1080 g/mol. The molecule has 0 amide bonds. The SMILES string of the molecule is C=C(C(C)CC(=C)[C@H](CC(=O)C(CC(=O)[C@H](C/C(C)=C(/CC(C)C)OC(=O)C1=C(C(C)C)CN(Cc2ccc(O)cc2)C(C)O1)CC1COc2ccccc21)OCCN)CC(C)C(O)O)C(C)[C@H](CC(C)C(O)O)C(=C)CC. The minimum absolute atomic E-state index is 0.0251. The van der Waals surface area contributed by atoms with Crippen molar-refractivity contribution in [3.63, 3.8) is 0 Å². The van der Waals surface area contributed by atoms with Gasteiger partial charge in [0.25, 0.3) is 0 Å². The summed E-state index contributed by atoms with van der Waals surface area (Å²) in [6.07, 6.45) is -2.05.